The van der Waals surface area contributed by atoms with Crippen LogP contribution in [0.4, 0.5) is 22.0 Å². The third kappa shape index (κ3) is 6.37. The van der Waals surface area contributed by atoms with Crippen molar-refractivity contribution in [2.45, 2.75) is 37.8 Å². The second kappa shape index (κ2) is 4.05. The molecular weight excluding hydrogens is 179 g/mol. The van der Waals surface area contributed by atoms with E-state index in [0.29, 0.717) is 0 Å². The Morgan fingerprint density at radius 1 is 0.917 bits per heavy atom. The first-order valence-corrected chi connectivity index (χ1v) is 3.51. The molecule has 0 aromatic carbocycles. The second-order valence-electron chi connectivity index (χ2n) is 2.57. The van der Waals surface area contributed by atoms with Crippen molar-refractivity contribution in [2.75, 3.05) is 0 Å². The summed E-state index contributed by atoms with van der Waals surface area (Å²) >= 11 is 0. The maximum Gasteiger partial charge on any atom is 0.389 e. The quantitative estimate of drug-likeness (QED) is 0.593. The summed E-state index contributed by atoms with van der Waals surface area (Å²) < 4.78 is 59.0. The van der Waals surface area contributed by atoms with Gasteiger partial charge in [0.2, 0.25) is 5.92 Å². The lowest BCUT2D eigenvalue weighted by molar-refractivity contribution is -0.139. The fourth-order valence-corrected chi connectivity index (χ4v) is 0.672. The van der Waals surface area contributed by atoms with Crippen LogP contribution in [-0.2, 0) is 0 Å². The molecule has 0 saturated carbocycles. The Balaban J connectivity index is 3.57. The standard InChI is InChI=1S/C7H10F5/c1-2-6(8,9)4-3-5-7(10,11)12/h1-5H2. The molecule has 1 radical (unpaired) electrons. The Morgan fingerprint density at radius 2 is 1.42 bits per heavy atom. The number of hydrogen-bond acceptors (Lipinski definition) is 0. The van der Waals surface area contributed by atoms with Crippen LogP contribution in [0.2, 0.25) is 0 Å². The Hall–Kier alpha value is -0.350. The molecule has 0 unspecified atom stereocenters. The van der Waals surface area contributed by atoms with Crippen molar-refractivity contribution in [2.24, 2.45) is 0 Å². The average molecular weight is 189 g/mol. The minimum absolute atomic E-state index is 0.536. The van der Waals surface area contributed by atoms with Gasteiger partial charge >= 0.3 is 6.18 Å². The zero-order valence-corrected chi connectivity index (χ0v) is 6.43. The molecule has 0 aromatic rings. The zero-order valence-electron chi connectivity index (χ0n) is 6.43. The van der Waals surface area contributed by atoms with Crippen LogP contribution in [0, 0.1) is 6.92 Å². The van der Waals surface area contributed by atoms with Crippen LogP contribution in [0.5, 0.6) is 0 Å². The monoisotopic (exact) mass is 189 g/mol. The van der Waals surface area contributed by atoms with Gasteiger partial charge in [-0.3, -0.25) is 0 Å². The molecular formula is C7H10F5. The smallest absolute Gasteiger partial charge is 0.207 e. The fourth-order valence-electron chi connectivity index (χ4n) is 0.672. The summed E-state index contributed by atoms with van der Waals surface area (Å²) in [6, 6.07) is 0. The molecule has 0 aliphatic rings. The Labute approximate surface area is 67.8 Å². The third-order valence-corrected chi connectivity index (χ3v) is 1.37. The van der Waals surface area contributed by atoms with E-state index in [4.69, 9.17) is 0 Å². The van der Waals surface area contributed by atoms with Crippen molar-refractivity contribution in [1.82, 2.24) is 0 Å². The third-order valence-electron chi connectivity index (χ3n) is 1.37. The van der Waals surface area contributed by atoms with E-state index >= 15 is 0 Å². The summed E-state index contributed by atoms with van der Waals surface area (Å²) in [5.74, 6) is -3.05. The average Bonchev–Trinajstić information content (AvgIpc) is 1.84. The van der Waals surface area contributed by atoms with E-state index in [9.17, 15) is 22.0 Å². The van der Waals surface area contributed by atoms with Gasteiger partial charge in [-0.2, -0.15) is 13.2 Å². The molecule has 0 aromatic heterocycles. The van der Waals surface area contributed by atoms with E-state index in [2.05, 4.69) is 6.92 Å². The van der Waals surface area contributed by atoms with E-state index in [1.807, 2.05) is 0 Å². The van der Waals surface area contributed by atoms with Gasteiger partial charge in [0.05, 0.1) is 0 Å². The van der Waals surface area contributed by atoms with Crippen molar-refractivity contribution < 1.29 is 22.0 Å². The molecule has 0 spiro atoms. The normalized spacial score (nSPS) is 13.5. The van der Waals surface area contributed by atoms with Gasteiger partial charge in [0.1, 0.15) is 0 Å². The summed E-state index contributed by atoms with van der Waals surface area (Å²) in [6.07, 6.45) is -7.41. The summed E-state index contributed by atoms with van der Waals surface area (Å²) in [7, 11) is 0. The molecule has 5 heteroatoms. The van der Waals surface area contributed by atoms with Crippen molar-refractivity contribution in [3.05, 3.63) is 6.92 Å². The van der Waals surface area contributed by atoms with Gasteiger partial charge in [0.15, 0.2) is 0 Å². The van der Waals surface area contributed by atoms with E-state index in [0.717, 1.165) is 0 Å². The van der Waals surface area contributed by atoms with Crippen molar-refractivity contribution in [1.29, 1.82) is 0 Å². The summed E-state index contributed by atoms with van der Waals surface area (Å²) in [4.78, 5) is 0. The molecule has 0 aliphatic carbocycles. The number of hydrogen-bond donors (Lipinski definition) is 0. The molecule has 0 heterocycles. The van der Waals surface area contributed by atoms with Crippen LogP contribution in [0.25, 0.3) is 0 Å². The van der Waals surface area contributed by atoms with Crippen molar-refractivity contribution in [3.63, 3.8) is 0 Å². The first-order valence-electron chi connectivity index (χ1n) is 3.51. The molecule has 0 nitrogen and oxygen atoms in total. The lowest BCUT2D eigenvalue weighted by atomic mass is 10.1. The number of halogens is 5. The second-order valence-corrected chi connectivity index (χ2v) is 2.57. The van der Waals surface area contributed by atoms with Gasteiger partial charge in [-0.25, -0.2) is 8.78 Å². The molecule has 0 saturated heterocycles. The Bertz CT molecular complexity index is 126. The molecule has 0 atom stereocenters. The van der Waals surface area contributed by atoms with Gasteiger partial charge in [-0.1, -0.05) is 0 Å². The van der Waals surface area contributed by atoms with Gasteiger partial charge in [0, 0.05) is 19.3 Å². The maximum atomic E-state index is 12.3. The molecule has 0 rings (SSSR count). The van der Waals surface area contributed by atoms with Crippen LogP contribution < -0.4 is 0 Å². The van der Waals surface area contributed by atoms with Crippen LogP contribution in [0.15, 0.2) is 0 Å². The number of rotatable bonds is 4. The lowest BCUT2D eigenvalue weighted by Crippen LogP contribution is -2.16. The molecule has 12 heavy (non-hydrogen) atoms. The molecule has 0 fully saturated rings. The lowest BCUT2D eigenvalue weighted by Gasteiger charge is -2.13. The first-order chi connectivity index (χ1) is 5.27. The van der Waals surface area contributed by atoms with Gasteiger partial charge in [0.25, 0.3) is 0 Å². The molecule has 0 aliphatic heterocycles. The largest absolute Gasteiger partial charge is 0.389 e. The van der Waals surface area contributed by atoms with E-state index in [1.54, 1.807) is 0 Å². The predicted molar refractivity (Wildman–Crippen MR) is 34.8 cm³/mol. The van der Waals surface area contributed by atoms with E-state index in [-0.39, 0.29) is 0 Å². The first kappa shape index (κ1) is 11.6. The van der Waals surface area contributed by atoms with Gasteiger partial charge in [-0.05, 0) is 13.3 Å². The molecule has 0 amide bonds. The molecule has 0 bridgehead atoms. The van der Waals surface area contributed by atoms with Crippen LogP contribution in [0.1, 0.15) is 25.7 Å². The molecule has 0 N–H and O–H groups in total. The minimum atomic E-state index is -4.34. The highest BCUT2D eigenvalue weighted by molar-refractivity contribution is 4.68. The molecule has 73 valence electrons. The van der Waals surface area contributed by atoms with E-state index < -0.39 is 37.8 Å². The highest BCUT2D eigenvalue weighted by Crippen LogP contribution is 2.29. The fraction of sp³-hybridized carbons (Fsp3) is 0.857. The summed E-state index contributed by atoms with van der Waals surface area (Å²) in [5, 5.41) is 0. The predicted octanol–water partition coefficient (Wildman–Crippen LogP) is 3.58. The summed E-state index contributed by atoms with van der Waals surface area (Å²) in [6.45, 7) is 2.94. The number of alkyl halides is 5. The van der Waals surface area contributed by atoms with Crippen LogP contribution in [-0.4, -0.2) is 12.1 Å². The van der Waals surface area contributed by atoms with Crippen molar-refractivity contribution >= 4 is 0 Å². The topological polar surface area (TPSA) is 0 Å². The summed E-state index contributed by atoms with van der Waals surface area (Å²) in [5.41, 5.74) is 0. The SMILES string of the molecule is [CH2]CC(F)(F)CCCC(F)(F)F. The van der Waals surface area contributed by atoms with Crippen LogP contribution >= 0.6 is 0 Å². The highest BCUT2D eigenvalue weighted by atomic mass is 19.4. The van der Waals surface area contributed by atoms with Gasteiger partial charge < -0.3 is 0 Å². The highest BCUT2D eigenvalue weighted by Gasteiger charge is 2.31. The Morgan fingerprint density at radius 3 is 1.75 bits per heavy atom. The Kier molecular flexibility index (Phi) is 3.93. The van der Waals surface area contributed by atoms with Gasteiger partial charge in [-0.15, -0.1) is 0 Å². The maximum absolute atomic E-state index is 12.3. The minimum Gasteiger partial charge on any atom is -0.207 e. The van der Waals surface area contributed by atoms with Crippen molar-refractivity contribution in [3.8, 4) is 0 Å². The van der Waals surface area contributed by atoms with Crippen LogP contribution in [0.3, 0.4) is 0 Å². The zero-order chi connectivity index (χ0) is 9.83. The van der Waals surface area contributed by atoms with E-state index in [1.165, 1.54) is 0 Å².